The minimum atomic E-state index is -0.468. The molecule has 1 amide bonds. The lowest BCUT2D eigenvalue weighted by Crippen LogP contribution is -2.41. The number of benzene rings is 1. The molecule has 1 atom stereocenters. The first kappa shape index (κ1) is 23.9. The van der Waals surface area contributed by atoms with Crippen LogP contribution in [-0.2, 0) is 29.4 Å². The van der Waals surface area contributed by atoms with Crippen molar-refractivity contribution in [3.8, 4) is 11.1 Å². The average Bonchev–Trinajstić information content (AvgIpc) is 3.44. The van der Waals surface area contributed by atoms with Crippen molar-refractivity contribution < 1.29 is 13.9 Å². The van der Waals surface area contributed by atoms with Crippen LogP contribution in [0.5, 0.6) is 0 Å². The number of aryl methyl sites for hydroxylation is 1. The molecule has 0 spiro atoms. The number of hydrogen-bond acceptors (Lipinski definition) is 6. The highest BCUT2D eigenvalue weighted by atomic mass is 35.5. The van der Waals surface area contributed by atoms with E-state index in [1.165, 1.54) is 11.0 Å². The van der Waals surface area contributed by atoms with Gasteiger partial charge in [0.25, 0.3) is 0 Å². The van der Waals surface area contributed by atoms with Gasteiger partial charge >= 0.3 is 0 Å². The third kappa shape index (κ3) is 4.67. The monoisotopic (exact) mass is 506 g/mol. The first-order valence-electron chi connectivity index (χ1n) is 11.4. The van der Waals surface area contributed by atoms with Crippen molar-refractivity contribution in [2.24, 2.45) is 7.05 Å². The Hall–Kier alpha value is -3.82. The maximum absolute atomic E-state index is 15.6. The number of aromatic nitrogens is 4. The topological polar surface area (TPSA) is 85.2 Å². The lowest BCUT2D eigenvalue weighted by molar-refractivity contribution is -0.118. The molecule has 1 aliphatic rings. The van der Waals surface area contributed by atoms with Crippen molar-refractivity contribution in [2.75, 3.05) is 23.9 Å². The van der Waals surface area contributed by atoms with Gasteiger partial charge in [0.15, 0.2) is 0 Å². The molecule has 36 heavy (non-hydrogen) atoms. The molecule has 0 radical (unpaired) electrons. The summed E-state index contributed by atoms with van der Waals surface area (Å²) in [6, 6.07) is 12.0. The molecular formula is C26H24ClFN6O2. The van der Waals surface area contributed by atoms with Crippen LogP contribution in [0.25, 0.3) is 11.1 Å². The van der Waals surface area contributed by atoms with Gasteiger partial charge in [-0.3, -0.25) is 9.48 Å². The number of hydrogen-bond donors (Lipinski definition) is 1. The van der Waals surface area contributed by atoms with Gasteiger partial charge in [-0.2, -0.15) is 5.10 Å². The van der Waals surface area contributed by atoms with E-state index in [0.29, 0.717) is 23.4 Å². The quantitative estimate of drug-likeness (QED) is 0.370. The number of halogens is 2. The molecule has 0 aliphatic carbocycles. The number of nitrogens with zero attached hydrogens (tertiary/aromatic N) is 5. The highest BCUT2D eigenvalue weighted by Crippen LogP contribution is 2.39. The van der Waals surface area contributed by atoms with Crippen molar-refractivity contribution in [3.05, 3.63) is 83.2 Å². The first-order chi connectivity index (χ1) is 17.4. The summed E-state index contributed by atoms with van der Waals surface area (Å²) in [7, 11) is 3.40. The fourth-order valence-electron chi connectivity index (χ4n) is 4.54. The smallest absolute Gasteiger partial charge is 0.231 e. The summed E-state index contributed by atoms with van der Waals surface area (Å²) in [5, 5.41) is 7.62. The fourth-order valence-corrected chi connectivity index (χ4v) is 4.72. The molecular weight excluding hydrogens is 483 g/mol. The standard InChI is InChI=1S/C26H24ClFN6O2/c1-33-23(6-9-31-33)32-22-13-16(5-8-29-22)18-10-19-11-20(15-36-2)34(25(19)21(28)12-18)24(35)14-17-4-3-7-30-26(17)27/h3-10,12-13,20H,11,14-15H2,1-2H3,(H,29,32). The Labute approximate surface area is 212 Å². The van der Waals surface area contributed by atoms with Crippen molar-refractivity contribution in [1.29, 1.82) is 0 Å². The highest BCUT2D eigenvalue weighted by Gasteiger charge is 2.36. The van der Waals surface area contributed by atoms with E-state index < -0.39 is 5.82 Å². The first-order valence-corrected chi connectivity index (χ1v) is 11.8. The molecule has 1 N–H and O–H groups in total. The number of fused-ring (bicyclic) bond motifs is 1. The number of ether oxygens (including phenoxy) is 1. The highest BCUT2D eigenvalue weighted by molar-refractivity contribution is 6.30. The molecule has 0 fully saturated rings. The Kier molecular flexibility index (Phi) is 6.67. The van der Waals surface area contributed by atoms with E-state index in [9.17, 15) is 4.79 Å². The van der Waals surface area contributed by atoms with Gasteiger partial charge in [-0.25, -0.2) is 14.4 Å². The van der Waals surface area contributed by atoms with Crippen LogP contribution in [0.3, 0.4) is 0 Å². The van der Waals surface area contributed by atoms with Crippen LogP contribution in [0.4, 0.5) is 21.7 Å². The number of carbonyl (C=O) groups excluding carboxylic acids is 1. The van der Waals surface area contributed by atoms with E-state index >= 15 is 4.39 Å². The Bertz CT molecular complexity index is 1430. The van der Waals surface area contributed by atoms with E-state index in [2.05, 4.69) is 20.4 Å². The number of amides is 1. The molecule has 10 heteroatoms. The molecule has 4 aromatic rings. The summed E-state index contributed by atoms with van der Waals surface area (Å²) < 4.78 is 22.7. The van der Waals surface area contributed by atoms with Crippen molar-refractivity contribution >= 4 is 34.8 Å². The van der Waals surface area contributed by atoms with Crippen LogP contribution in [-0.4, -0.2) is 45.4 Å². The largest absolute Gasteiger partial charge is 0.383 e. The molecule has 3 aromatic heterocycles. The second-order valence-electron chi connectivity index (χ2n) is 8.57. The Morgan fingerprint density at radius 2 is 2.03 bits per heavy atom. The Morgan fingerprint density at radius 1 is 1.17 bits per heavy atom. The molecule has 4 heterocycles. The zero-order chi connectivity index (χ0) is 25.2. The van der Waals surface area contributed by atoms with Crippen molar-refractivity contribution in [2.45, 2.75) is 18.9 Å². The van der Waals surface area contributed by atoms with Gasteiger partial charge in [-0.1, -0.05) is 17.7 Å². The summed E-state index contributed by atoms with van der Waals surface area (Å²) in [5.41, 5.74) is 3.12. The average molecular weight is 507 g/mol. The normalized spacial score (nSPS) is 14.7. The summed E-state index contributed by atoms with van der Waals surface area (Å²) in [4.78, 5) is 23.2. The third-order valence-electron chi connectivity index (χ3n) is 6.18. The minimum absolute atomic E-state index is 0.0148. The second kappa shape index (κ2) is 10.0. The van der Waals surface area contributed by atoms with Crippen molar-refractivity contribution in [1.82, 2.24) is 19.7 Å². The number of methoxy groups -OCH3 is 1. The second-order valence-corrected chi connectivity index (χ2v) is 8.93. The van der Waals surface area contributed by atoms with Gasteiger partial charge in [-0.05, 0) is 59.0 Å². The van der Waals surface area contributed by atoms with Gasteiger partial charge in [0, 0.05) is 32.6 Å². The van der Waals surface area contributed by atoms with Gasteiger partial charge in [0.05, 0.1) is 31.0 Å². The minimum Gasteiger partial charge on any atom is -0.383 e. The Morgan fingerprint density at radius 3 is 2.78 bits per heavy atom. The van der Waals surface area contributed by atoms with Crippen LogP contribution in [0, 0.1) is 5.82 Å². The van der Waals surface area contributed by atoms with Gasteiger partial charge in [0.1, 0.15) is 22.6 Å². The number of nitrogens with one attached hydrogen (secondary N) is 1. The van der Waals surface area contributed by atoms with Crippen molar-refractivity contribution in [3.63, 3.8) is 0 Å². The summed E-state index contributed by atoms with van der Waals surface area (Å²) in [6.45, 7) is 0.282. The number of carbonyl (C=O) groups is 1. The summed E-state index contributed by atoms with van der Waals surface area (Å²) in [6.07, 6.45) is 5.41. The van der Waals surface area contributed by atoms with Crippen LogP contribution >= 0.6 is 11.6 Å². The Balaban J connectivity index is 1.46. The molecule has 184 valence electrons. The third-order valence-corrected chi connectivity index (χ3v) is 6.52. The molecule has 0 saturated heterocycles. The van der Waals surface area contributed by atoms with E-state index in [1.54, 1.807) is 42.5 Å². The van der Waals surface area contributed by atoms with Crippen LogP contribution in [0.15, 0.2) is 61.1 Å². The summed E-state index contributed by atoms with van der Waals surface area (Å²) >= 11 is 6.16. The number of pyridine rings is 2. The molecule has 0 saturated carbocycles. The molecule has 5 rings (SSSR count). The van der Waals surface area contributed by atoms with Gasteiger partial charge in [-0.15, -0.1) is 0 Å². The molecule has 1 aromatic carbocycles. The molecule has 1 unspecified atom stereocenters. The van der Waals surface area contributed by atoms with E-state index in [1.807, 2.05) is 31.3 Å². The predicted molar refractivity (Wildman–Crippen MR) is 136 cm³/mol. The van der Waals surface area contributed by atoms with E-state index in [-0.39, 0.29) is 35.8 Å². The number of rotatable bonds is 7. The zero-order valence-corrected chi connectivity index (χ0v) is 20.5. The molecule has 0 bridgehead atoms. The zero-order valence-electron chi connectivity index (χ0n) is 19.8. The lowest BCUT2D eigenvalue weighted by Gasteiger charge is -2.25. The maximum atomic E-state index is 15.6. The predicted octanol–water partition coefficient (Wildman–Crippen LogP) is 4.56. The van der Waals surface area contributed by atoms with E-state index in [4.69, 9.17) is 16.3 Å². The van der Waals surface area contributed by atoms with Crippen LogP contribution in [0.2, 0.25) is 5.15 Å². The van der Waals surface area contributed by atoms with Gasteiger partial charge < -0.3 is 15.0 Å². The molecule has 1 aliphatic heterocycles. The maximum Gasteiger partial charge on any atom is 0.231 e. The summed E-state index contributed by atoms with van der Waals surface area (Å²) in [5.74, 6) is 0.665. The van der Waals surface area contributed by atoms with Crippen LogP contribution < -0.4 is 10.2 Å². The SMILES string of the molecule is COCC1Cc2cc(-c3ccnc(Nc4ccnn4C)c3)cc(F)c2N1C(=O)Cc1cccnc1Cl. The fraction of sp³-hybridized carbons (Fsp3) is 0.231. The lowest BCUT2D eigenvalue weighted by atomic mass is 10.0. The molecule has 8 nitrogen and oxygen atoms in total. The van der Waals surface area contributed by atoms with Gasteiger partial charge in [0.2, 0.25) is 5.91 Å². The van der Waals surface area contributed by atoms with E-state index in [0.717, 1.165) is 16.9 Å². The van der Waals surface area contributed by atoms with Crippen LogP contribution in [0.1, 0.15) is 11.1 Å². The number of anilines is 3.